The summed E-state index contributed by atoms with van der Waals surface area (Å²) in [4.78, 5) is 28.8. The summed E-state index contributed by atoms with van der Waals surface area (Å²) < 4.78 is 10.6. The predicted molar refractivity (Wildman–Crippen MR) is 112 cm³/mol. The van der Waals surface area contributed by atoms with Crippen molar-refractivity contribution in [3.05, 3.63) is 65.7 Å². The van der Waals surface area contributed by atoms with E-state index < -0.39 is 6.04 Å². The van der Waals surface area contributed by atoms with E-state index in [1.54, 1.807) is 39.2 Å². The Labute approximate surface area is 171 Å². The van der Waals surface area contributed by atoms with Crippen molar-refractivity contribution in [3.63, 3.8) is 0 Å². The largest absolute Gasteiger partial charge is 0.493 e. The topological polar surface area (TPSA) is 59.1 Å². The van der Waals surface area contributed by atoms with Gasteiger partial charge in [-0.1, -0.05) is 30.8 Å². The van der Waals surface area contributed by atoms with Gasteiger partial charge in [-0.15, -0.1) is 0 Å². The van der Waals surface area contributed by atoms with E-state index in [1.807, 2.05) is 36.4 Å². The van der Waals surface area contributed by atoms with Gasteiger partial charge in [-0.05, 0) is 37.1 Å². The highest BCUT2D eigenvalue weighted by molar-refractivity contribution is 6.10. The third-order valence-electron chi connectivity index (χ3n) is 5.28. The van der Waals surface area contributed by atoms with Crippen molar-refractivity contribution in [2.45, 2.75) is 19.4 Å². The summed E-state index contributed by atoms with van der Waals surface area (Å²) in [5.41, 5.74) is 2.97. The zero-order valence-corrected chi connectivity index (χ0v) is 17.3. The summed E-state index contributed by atoms with van der Waals surface area (Å²) >= 11 is 0. The highest BCUT2D eigenvalue weighted by atomic mass is 16.5. The summed E-state index contributed by atoms with van der Waals surface area (Å²) in [5, 5.41) is 0. The molecule has 0 fully saturated rings. The minimum absolute atomic E-state index is 0.132. The molecule has 6 nitrogen and oxygen atoms in total. The second kappa shape index (κ2) is 8.39. The molecule has 0 saturated heterocycles. The van der Waals surface area contributed by atoms with Gasteiger partial charge in [0, 0.05) is 30.4 Å². The Morgan fingerprint density at radius 1 is 1.10 bits per heavy atom. The first-order chi connectivity index (χ1) is 13.9. The van der Waals surface area contributed by atoms with E-state index in [4.69, 9.17) is 9.47 Å². The molecule has 0 spiro atoms. The normalized spacial score (nSPS) is 13.9. The Bertz CT molecular complexity index is 919. The summed E-state index contributed by atoms with van der Waals surface area (Å²) in [5.74, 6) is 1.01. The number of benzene rings is 2. The van der Waals surface area contributed by atoms with E-state index in [2.05, 4.69) is 6.58 Å². The van der Waals surface area contributed by atoms with Gasteiger partial charge in [0.25, 0.3) is 5.91 Å². The fourth-order valence-corrected chi connectivity index (χ4v) is 3.59. The Morgan fingerprint density at radius 2 is 1.76 bits per heavy atom. The second-order valence-electron chi connectivity index (χ2n) is 7.04. The zero-order chi connectivity index (χ0) is 21.1. The summed E-state index contributed by atoms with van der Waals surface area (Å²) in [6.07, 6.45) is 0.657. The van der Waals surface area contributed by atoms with Gasteiger partial charge in [0.15, 0.2) is 11.5 Å². The van der Waals surface area contributed by atoms with Crippen molar-refractivity contribution in [2.24, 2.45) is 0 Å². The van der Waals surface area contributed by atoms with Crippen molar-refractivity contribution in [2.75, 3.05) is 27.8 Å². The van der Waals surface area contributed by atoms with Crippen LogP contribution in [0.4, 0.5) is 0 Å². The molecule has 0 saturated carbocycles. The van der Waals surface area contributed by atoms with Crippen LogP contribution in [0.1, 0.15) is 28.4 Å². The fourth-order valence-electron chi connectivity index (χ4n) is 3.59. The lowest BCUT2D eigenvalue weighted by atomic mass is 10.1. The molecule has 0 radical (unpaired) electrons. The average Bonchev–Trinajstić information content (AvgIpc) is 3.01. The van der Waals surface area contributed by atoms with Crippen LogP contribution in [0, 0.1) is 0 Å². The van der Waals surface area contributed by atoms with Crippen LogP contribution in [-0.2, 0) is 11.2 Å². The van der Waals surface area contributed by atoms with Crippen LogP contribution in [0.25, 0.3) is 5.70 Å². The molecule has 2 aromatic rings. The van der Waals surface area contributed by atoms with Crippen LogP contribution in [-0.4, -0.2) is 55.5 Å². The molecule has 1 aliphatic rings. The van der Waals surface area contributed by atoms with Crippen LogP contribution >= 0.6 is 0 Å². The number of nitrogens with zero attached hydrogens (tertiary/aromatic N) is 2. The third-order valence-corrected chi connectivity index (χ3v) is 5.28. The Kier molecular flexibility index (Phi) is 5.92. The molecule has 0 aromatic heterocycles. The maximum Gasteiger partial charge on any atom is 0.259 e. The number of hydrogen-bond donors (Lipinski definition) is 0. The Balaban J connectivity index is 1.66. The molecule has 29 heavy (non-hydrogen) atoms. The van der Waals surface area contributed by atoms with Gasteiger partial charge in [-0.2, -0.15) is 0 Å². The third kappa shape index (κ3) is 3.83. The number of methoxy groups -OCH3 is 2. The quantitative estimate of drug-likeness (QED) is 0.724. The first-order valence-electron chi connectivity index (χ1n) is 9.46. The van der Waals surface area contributed by atoms with E-state index >= 15 is 0 Å². The molecule has 3 rings (SSSR count). The van der Waals surface area contributed by atoms with E-state index in [0.29, 0.717) is 35.7 Å². The van der Waals surface area contributed by atoms with Gasteiger partial charge >= 0.3 is 0 Å². The van der Waals surface area contributed by atoms with Gasteiger partial charge in [-0.3, -0.25) is 14.5 Å². The van der Waals surface area contributed by atoms with E-state index in [-0.39, 0.29) is 11.8 Å². The summed E-state index contributed by atoms with van der Waals surface area (Å²) in [6, 6.07) is 12.4. The number of carbonyl (C=O) groups excluding carboxylic acids is 2. The highest BCUT2D eigenvalue weighted by Gasteiger charge is 2.37. The van der Waals surface area contributed by atoms with Crippen LogP contribution in [0.15, 0.2) is 49.0 Å². The number of carbonyl (C=O) groups is 2. The van der Waals surface area contributed by atoms with Crippen molar-refractivity contribution < 1.29 is 19.1 Å². The number of ether oxygens (including phenoxy) is 2. The monoisotopic (exact) mass is 394 g/mol. The standard InChI is InChI=1S/C23H26N2O4/c1-15-18-8-6-7-9-19(18)23(27)25(15)16(2)22(26)24(3)13-12-17-10-11-20(28-4)21(14-17)29-5/h6-11,14,16H,1,12-13H2,2-5H3/t16-/m0/s1. The molecule has 152 valence electrons. The molecule has 1 aliphatic heterocycles. The summed E-state index contributed by atoms with van der Waals surface area (Å²) in [6.45, 7) is 6.28. The van der Waals surface area contributed by atoms with Crippen molar-refractivity contribution >= 4 is 17.5 Å². The lowest BCUT2D eigenvalue weighted by Gasteiger charge is -2.28. The predicted octanol–water partition coefficient (Wildman–Crippen LogP) is 3.22. The minimum Gasteiger partial charge on any atom is -0.493 e. The van der Waals surface area contributed by atoms with Gasteiger partial charge < -0.3 is 14.4 Å². The Morgan fingerprint density at radius 3 is 2.38 bits per heavy atom. The van der Waals surface area contributed by atoms with Gasteiger partial charge in [0.05, 0.1) is 14.2 Å². The van der Waals surface area contributed by atoms with Gasteiger partial charge in [0.1, 0.15) is 6.04 Å². The lowest BCUT2D eigenvalue weighted by molar-refractivity contribution is -0.133. The van der Waals surface area contributed by atoms with Gasteiger partial charge in [0.2, 0.25) is 5.91 Å². The van der Waals surface area contributed by atoms with Crippen LogP contribution in [0.5, 0.6) is 11.5 Å². The van der Waals surface area contributed by atoms with Crippen molar-refractivity contribution in [1.29, 1.82) is 0 Å². The van der Waals surface area contributed by atoms with E-state index in [9.17, 15) is 9.59 Å². The van der Waals surface area contributed by atoms with Crippen LogP contribution in [0.3, 0.4) is 0 Å². The van der Waals surface area contributed by atoms with Crippen molar-refractivity contribution in [3.8, 4) is 11.5 Å². The number of fused-ring (bicyclic) bond motifs is 1. The van der Waals surface area contributed by atoms with E-state index in [0.717, 1.165) is 11.1 Å². The molecule has 0 aliphatic carbocycles. The number of rotatable bonds is 7. The summed E-state index contributed by atoms with van der Waals surface area (Å²) in [7, 11) is 4.93. The molecule has 1 heterocycles. The van der Waals surface area contributed by atoms with E-state index in [1.165, 1.54) is 4.90 Å². The maximum absolute atomic E-state index is 13.0. The molecule has 1 atom stereocenters. The SMILES string of the molecule is C=C1c2ccccc2C(=O)N1[C@@H](C)C(=O)N(C)CCc1ccc(OC)c(OC)c1. The van der Waals surface area contributed by atoms with Crippen LogP contribution in [0.2, 0.25) is 0 Å². The average molecular weight is 394 g/mol. The molecular weight excluding hydrogens is 368 g/mol. The fraction of sp³-hybridized carbons (Fsp3) is 0.304. The number of hydrogen-bond acceptors (Lipinski definition) is 4. The second-order valence-corrected chi connectivity index (χ2v) is 7.04. The van der Waals surface area contributed by atoms with Crippen molar-refractivity contribution in [1.82, 2.24) is 9.80 Å². The smallest absolute Gasteiger partial charge is 0.259 e. The first kappa shape index (κ1) is 20.5. The minimum atomic E-state index is -0.627. The van der Waals surface area contributed by atoms with Crippen LogP contribution < -0.4 is 9.47 Å². The number of amides is 2. The molecular formula is C23H26N2O4. The molecule has 0 unspecified atom stereocenters. The maximum atomic E-state index is 13.0. The molecule has 2 amide bonds. The lowest BCUT2D eigenvalue weighted by Crippen LogP contribution is -2.45. The van der Waals surface area contributed by atoms with Gasteiger partial charge in [-0.25, -0.2) is 0 Å². The first-order valence-corrected chi connectivity index (χ1v) is 9.46. The molecule has 0 N–H and O–H groups in total. The zero-order valence-electron chi connectivity index (χ0n) is 17.3. The molecule has 2 aromatic carbocycles. The highest BCUT2D eigenvalue weighted by Crippen LogP contribution is 2.33. The number of likely N-dealkylation sites (N-methyl/N-ethyl adjacent to an activating group) is 1. The molecule has 6 heteroatoms. The Hall–Kier alpha value is -3.28. The molecule has 0 bridgehead atoms.